The Morgan fingerprint density at radius 2 is 1.96 bits per heavy atom. The summed E-state index contributed by atoms with van der Waals surface area (Å²) in [4.78, 5) is 12.1. The summed E-state index contributed by atoms with van der Waals surface area (Å²) in [7, 11) is 0. The number of nitrogens with one attached hydrogen (secondary N) is 1. The van der Waals surface area contributed by atoms with Crippen LogP contribution in [0, 0.1) is 5.92 Å². The van der Waals surface area contributed by atoms with Gasteiger partial charge in [-0.05, 0) is 36.6 Å². The Labute approximate surface area is 162 Å². The average Bonchev–Trinajstić information content (AvgIpc) is 3.01. The number of amides is 1. The Morgan fingerprint density at radius 3 is 2.69 bits per heavy atom. The molecule has 1 aliphatic carbocycles. The summed E-state index contributed by atoms with van der Waals surface area (Å²) < 4.78 is 1.52. The molecular weight excluding hydrogens is 370 g/mol. The van der Waals surface area contributed by atoms with E-state index in [-0.39, 0.29) is 11.7 Å². The van der Waals surface area contributed by atoms with Crippen molar-refractivity contribution in [1.82, 2.24) is 14.9 Å². The van der Waals surface area contributed by atoms with Crippen molar-refractivity contribution in [3.8, 4) is 0 Å². The molecule has 1 aliphatic rings. The first-order chi connectivity index (χ1) is 12.6. The van der Waals surface area contributed by atoms with E-state index in [1.54, 1.807) is 24.3 Å². The van der Waals surface area contributed by atoms with Crippen LogP contribution in [0.5, 0.6) is 0 Å². The minimum Gasteiger partial charge on any atom is -0.336 e. The third kappa shape index (κ3) is 5.38. The number of nitrogens with zero attached hydrogens (tertiary/aromatic N) is 3. The van der Waals surface area contributed by atoms with Crippen molar-refractivity contribution in [3.63, 3.8) is 0 Å². The van der Waals surface area contributed by atoms with Crippen LogP contribution in [0.15, 0.2) is 29.4 Å². The molecule has 0 spiro atoms. The van der Waals surface area contributed by atoms with Crippen LogP contribution < -0.4 is 11.2 Å². The second-order valence-corrected chi connectivity index (χ2v) is 8.03. The van der Waals surface area contributed by atoms with Crippen molar-refractivity contribution in [2.75, 3.05) is 16.9 Å². The van der Waals surface area contributed by atoms with Gasteiger partial charge < -0.3 is 11.2 Å². The molecule has 0 aliphatic heterocycles. The number of nitrogens with two attached hydrogens (primary N) is 1. The monoisotopic (exact) mass is 393 g/mol. The number of nitrogen functional groups attached to an aromatic ring is 1. The topological polar surface area (TPSA) is 85.8 Å². The molecule has 0 unspecified atom stereocenters. The van der Waals surface area contributed by atoms with Gasteiger partial charge in [0.15, 0.2) is 5.82 Å². The smallest absolute Gasteiger partial charge is 0.234 e. The molecule has 1 saturated carbocycles. The van der Waals surface area contributed by atoms with Gasteiger partial charge in [-0.1, -0.05) is 55.5 Å². The lowest BCUT2D eigenvalue weighted by Crippen LogP contribution is -2.18. The van der Waals surface area contributed by atoms with E-state index in [0.717, 1.165) is 24.6 Å². The standard InChI is InChI=1S/C18H24ClN5OS/c19-14-7-9-15(10-8-14)21-17(25)12-26-18-23-22-16(24(18)20)11-6-13-4-2-1-3-5-13/h7-10,13H,1-6,11-12,20H2,(H,21,25). The molecular formula is C18H24ClN5OS. The fraction of sp³-hybridized carbons (Fsp3) is 0.500. The van der Waals surface area contributed by atoms with Crippen LogP contribution in [0.4, 0.5) is 5.69 Å². The van der Waals surface area contributed by atoms with Crippen molar-refractivity contribution in [2.24, 2.45) is 5.92 Å². The van der Waals surface area contributed by atoms with E-state index in [9.17, 15) is 4.79 Å². The third-order valence-corrected chi connectivity index (χ3v) is 5.89. The molecule has 6 nitrogen and oxygen atoms in total. The highest BCUT2D eigenvalue weighted by molar-refractivity contribution is 7.99. The highest BCUT2D eigenvalue weighted by Crippen LogP contribution is 2.27. The van der Waals surface area contributed by atoms with E-state index >= 15 is 0 Å². The number of benzene rings is 1. The molecule has 1 heterocycles. The highest BCUT2D eigenvalue weighted by atomic mass is 35.5. The molecule has 1 amide bonds. The molecule has 1 fully saturated rings. The van der Waals surface area contributed by atoms with Crippen LogP contribution in [0.25, 0.3) is 0 Å². The first kappa shape index (κ1) is 19.0. The van der Waals surface area contributed by atoms with Crippen LogP contribution in [0.2, 0.25) is 5.02 Å². The summed E-state index contributed by atoms with van der Waals surface area (Å²) in [6, 6.07) is 7.00. The second-order valence-electron chi connectivity index (χ2n) is 6.66. The lowest BCUT2D eigenvalue weighted by atomic mass is 9.86. The predicted octanol–water partition coefficient (Wildman–Crippen LogP) is 3.89. The number of aromatic nitrogens is 3. The van der Waals surface area contributed by atoms with Crippen LogP contribution in [0.1, 0.15) is 44.3 Å². The predicted molar refractivity (Wildman–Crippen MR) is 106 cm³/mol. The Bertz CT molecular complexity index is 728. The lowest BCUT2D eigenvalue weighted by Gasteiger charge is -2.20. The van der Waals surface area contributed by atoms with Crippen molar-refractivity contribution < 1.29 is 4.79 Å². The van der Waals surface area contributed by atoms with E-state index in [2.05, 4.69) is 15.5 Å². The summed E-state index contributed by atoms with van der Waals surface area (Å²) in [6.07, 6.45) is 8.61. The lowest BCUT2D eigenvalue weighted by molar-refractivity contribution is -0.113. The van der Waals surface area contributed by atoms with Gasteiger partial charge in [0.1, 0.15) is 0 Å². The molecule has 140 valence electrons. The van der Waals surface area contributed by atoms with E-state index in [1.165, 1.54) is 48.5 Å². The van der Waals surface area contributed by atoms with E-state index in [0.29, 0.717) is 15.9 Å². The maximum atomic E-state index is 12.1. The van der Waals surface area contributed by atoms with Gasteiger partial charge >= 0.3 is 0 Å². The summed E-state index contributed by atoms with van der Waals surface area (Å²) in [6.45, 7) is 0. The fourth-order valence-electron chi connectivity index (χ4n) is 3.25. The van der Waals surface area contributed by atoms with E-state index in [4.69, 9.17) is 17.4 Å². The third-order valence-electron chi connectivity index (χ3n) is 4.70. The molecule has 0 atom stereocenters. The van der Waals surface area contributed by atoms with Crippen molar-refractivity contribution >= 4 is 35.0 Å². The van der Waals surface area contributed by atoms with Gasteiger partial charge in [0, 0.05) is 17.1 Å². The molecule has 0 radical (unpaired) electrons. The molecule has 8 heteroatoms. The zero-order valence-corrected chi connectivity index (χ0v) is 16.2. The maximum Gasteiger partial charge on any atom is 0.234 e. The molecule has 26 heavy (non-hydrogen) atoms. The SMILES string of the molecule is Nn1c(CCC2CCCCC2)nnc1SCC(=O)Nc1ccc(Cl)cc1. The van der Waals surface area contributed by atoms with E-state index in [1.807, 2.05) is 0 Å². The molecule has 1 aromatic heterocycles. The van der Waals surface area contributed by atoms with Gasteiger partial charge in [0.25, 0.3) is 0 Å². The van der Waals surface area contributed by atoms with Gasteiger partial charge in [-0.15, -0.1) is 10.2 Å². The number of carbonyl (C=O) groups excluding carboxylic acids is 1. The first-order valence-corrected chi connectivity index (χ1v) is 10.4. The number of thioether (sulfide) groups is 1. The number of rotatable bonds is 7. The number of halogens is 1. The summed E-state index contributed by atoms with van der Waals surface area (Å²) in [5.41, 5.74) is 0.711. The van der Waals surface area contributed by atoms with Crippen LogP contribution in [0.3, 0.4) is 0 Å². The van der Waals surface area contributed by atoms with Crippen LogP contribution >= 0.6 is 23.4 Å². The normalized spacial score (nSPS) is 15.1. The van der Waals surface area contributed by atoms with Crippen LogP contribution in [-0.2, 0) is 11.2 Å². The Balaban J connectivity index is 1.46. The zero-order valence-electron chi connectivity index (χ0n) is 14.7. The van der Waals surface area contributed by atoms with Gasteiger partial charge in [0.2, 0.25) is 11.1 Å². The Hall–Kier alpha value is -1.73. The number of hydrogen-bond acceptors (Lipinski definition) is 5. The number of carbonyl (C=O) groups is 1. The Morgan fingerprint density at radius 1 is 1.23 bits per heavy atom. The number of hydrogen-bond donors (Lipinski definition) is 2. The zero-order chi connectivity index (χ0) is 18.4. The Kier molecular flexibility index (Phi) is 6.80. The molecule has 0 bridgehead atoms. The van der Waals surface area contributed by atoms with Gasteiger partial charge in [-0.25, -0.2) is 4.68 Å². The van der Waals surface area contributed by atoms with Crippen molar-refractivity contribution in [3.05, 3.63) is 35.1 Å². The molecule has 2 aromatic rings. The fourth-order valence-corrected chi connectivity index (χ4v) is 4.05. The first-order valence-electron chi connectivity index (χ1n) is 8.99. The van der Waals surface area contributed by atoms with Crippen LogP contribution in [-0.4, -0.2) is 26.5 Å². The van der Waals surface area contributed by atoms with E-state index < -0.39 is 0 Å². The number of aryl methyl sites for hydroxylation is 1. The summed E-state index contributed by atoms with van der Waals surface area (Å²) in [5.74, 6) is 7.77. The molecule has 0 saturated heterocycles. The highest BCUT2D eigenvalue weighted by Gasteiger charge is 2.17. The number of anilines is 1. The molecule has 3 N–H and O–H groups in total. The van der Waals surface area contributed by atoms with Gasteiger partial charge in [0.05, 0.1) is 5.75 Å². The second kappa shape index (κ2) is 9.28. The maximum absolute atomic E-state index is 12.1. The van der Waals surface area contributed by atoms with Crippen molar-refractivity contribution in [1.29, 1.82) is 0 Å². The molecule has 1 aromatic carbocycles. The largest absolute Gasteiger partial charge is 0.336 e. The van der Waals surface area contributed by atoms with Gasteiger partial charge in [-0.2, -0.15) is 0 Å². The quantitative estimate of drug-likeness (QED) is 0.550. The summed E-state index contributed by atoms with van der Waals surface area (Å²) >= 11 is 7.12. The molecule has 3 rings (SSSR count). The van der Waals surface area contributed by atoms with Gasteiger partial charge in [-0.3, -0.25) is 4.79 Å². The minimum absolute atomic E-state index is 0.121. The summed E-state index contributed by atoms with van der Waals surface area (Å²) in [5, 5.41) is 12.3. The minimum atomic E-state index is -0.121. The van der Waals surface area contributed by atoms with Crippen molar-refractivity contribution in [2.45, 2.75) is 50.1 Å². The average molecular weight is 394 g/mol.